The maximum Gasteiger partial charge on any atom is 0.273 e. The summed E-state index contributed by atoms with van der Waals surface area (Å²) in [6, 6.07) is 9.94. The highest BCUT2D eigenvalue weighted by molar-refractivity contribution is 6.00. The molecule has 0 saturated carbocycles. The molecule has 0 saturated heterocycles. The van der Waals surface area contributed by atoms with E-state index in [2.05, 4.69) is 10.2 Å². The minimum atomic E-state index is -0.456. The summed E-state index contributed by atoms with van der Waals surface area (Å²) in [5.41, 5.74) is 3.93. The van der Waals surface area contributed by atoms with E-state index >= 15 is 0 Å². The number of aromatic nitrogens is 2. The first-order chi connectivity index (χ1) is 15.5. The molecule has 3 aromatic rings. The second-order valence-electron chi connectivity index (χ2n) is 7.79. The number of carbonyl (C=O) groups is 1. The number of phenolic OH excluding ortho intramolecular Hbond substituents is 2. The van der Waals surface area contributed by atoms with E-state index in [0.29, 0.717) is 54.4 Å². The number of aromatic amines is 1. The van der Waals surface area contributed by atoms with Crippen molar-refractivity contribution in [3.05, 3.63) is 58.8 Å². The number of benzene rings is 2. The van der Waals surface area contributed by atoms with Crippen molar-refractivity contribution in [1.29, 1.82) is 0 Å². The second-order valence-corrected chi connectivity index (χ2v) is 7.79. The van der Waals surface area contributed by atoms with E-state index in [1.807, 2.05) is 26.0 Å². The number of hydrogen-bond donors (Lipinski definition) is 3. The molecule has 1 aliphatic rings. The summed E-state index contributed by atoms with van der Waals surface area (Å²) in [5, 5.41) is 28.0. The molecule has 2 heterocycles. The molecular weight excluding hydrogens is 410 g/mol. The lowest BCUT2D eigenvalue weighted by molar-refractivity contribution is 0.0723. The number of carbonyl (C=O) groups excluding carboxylic acids is 1. The molecule has 0 aliphatic carbocycles. The van der Waals surface area contributed by atoms with Gasteiger partial charge in [0.2, 0.25) is 0 Å². The van der Waals surface area contributed by atoms with E-state index in [-0.39, 0.29) is 17.4 Å². The van der Waals surface area contributed by atoms with Gasteiger partial charge in [0.05, 0.1) is 12.6 Å². The first-order valence-electron chi connectivity index (χ1n) is 10.6. The minimum Gasteiger partial charge on any atom is -0.507 e. The van der Waals surface area contributed by atoms with Gasteiger partial charge in [0.25, 0.3) is 5.91 Å². The number of ether oxygens (including phenoxy) is 2. The molecule has 8 heteroatoms. The van der Waals surface area contributed by atoms with Gasteiger partial charge in [0.1, 0.15) is 17.1 Å². The fraction of sp³-hybridized carbons (Fsp3) is 0.333. The number of nitrogens with one attached hydrogen (secondary N) is 1. The largest absolute Gasteiger partial charge is 0.507 e. The molecule has 32 heavy (non-hydrogen) atoms. The van der Waals surface area contributed by atoms with Crippen LogP contribution in [-0.2, 0) is 4.74 Å². The number of methoxy groups -OCH3 is 1. The molecule has 8 nitrogen and oxygen atoms in total. The Hall–Kier alpha value is -3.52. The summed E-state index contributed by atoms with van der Waals surface area (Å²) >= 11 is 0. The van der Waals surface area contributed by atoms with Crippen molar-refractivity contribution in [3.8, 4) is 28.5 Å². The number of aryl methyl sites for hydroxylation is 1. The molecule has 0 unspecified atom stereocenters. The summed E-state index contributed by atoms with van der Waals surface area (Å²) in [7, 11) is 1.63. The van der Waals surface area contributed by atoms with Gasteiger partial charge < -0.3 is 24.6 Å². The molecule has 0 radical (unpaired) electrons. The van der Waals surface area contributed by atoms with Crippen molar-refractivity contribution in [2.75, 3.05) is 26.9 Å². The Morgan fingerprint density at radius 3 is 2.69 bits per heavy atom. The lowest BCUT2D eigenvalue weighted by Crippen LogP contribution is -2.31. The van der Waals surface area contributed by atoms with Crippen molar-refractivity contribution in [2.45, 2.75) is 26.3 Å². The van der Waals surface area contributed by atoms with Crippen molar-refractivity contribution < 1.29 is 24.5 Å². The molecule has 0 spiro atoms. The van der Waals surface area contributed by atoms with Gasteiger partial charge in [-0.25, -0.2) is 0 Å². The molecule has 1 amide bonds. The van der Waals surface area contributed by atoms with E-state index in [1.165, 1.54) is 0 Å². The molecule has 4 rings (SSSR count). The zero-order valence-electron chi connectivity index (χ0n) is 18.4. The van der Waals surface area contributed by atoms with Crippen LogP contribution >= 0.6 is 0 Å². The maximum atomic E-state index is 13.3. The highest BCUT2D eigenvalue weighted by atomic mass is 16.5. The van der Waals surface area contributed by atoms with Gasteiger partial charge in [-0.15, -0.1) is 0 Å². The maximum absolute atomic E-state index is 13.3. The second kappa shape index (κ2) is 8.92. The standard InChI is InChI=1S/C24H27N3O5/c1-4-32-19-13-15(7-9-18(19)29)23-20-21(16-12-14(2)6-8-17(16)28)25-26-22(20)24(30)27(23)10-5-11-31-3/h6-9,12-13,23,28-29H,4-5,10-11H2,1-3H3,(H,25,26)/t23-/m1/s1. The number of H-pyrrole nitrogens is 1. The quantitative estimate of drug-likeness (QED) is 0.463. The predicted octanol–water partition coefficient (Wildman–Crippen LogP) is 3.78. The third-order valence-electron chi connectivity index (χ3n) is 5.62. The van der Waals surface area contributed by atoms with Crippen molar-refractivity contribution >= 4 is 5.91 Å². The van der Waals surface area contributed by atoms with Crippen LogP contribution in [0, 0.1) is 6.92 Å². The summed E-state index contributed by atoms with van der Waals surface area (Å²) in [4.78, 5) is 15.1. The van der Waals surface area contributed by atoms with Gasteiger partial charge >= 0.3 is 0 Å². The Morgan fingerprint density at radius 1 is 1.16 bits per heavy atom. The van der Waals surface area contributed by atoms with Gasteiger partial charge in [-0.2, -0.15) is 5.10 Å². The first kappa shape index (κ1) is 21.7. The molecule has 1 atom stereocenters. The molecule has 3 N–H and O–H groups in total. The SMILES string of the molecule is CCOc1cc([C@@H]2c3c(-c4cc(C)ccc4O)n[nH]c3C(=O)N2CCCOC)ccc1O. The Morgan fingerprint density at radius 2 is 1.94 bits per heavy atom. The minimum absolute atomic E-state index is 0.0369. The Kier molecular flexibility index (Phi) is 6.05. The average molecular weight is 437 g/mol. The van der Waals surface area contributed by atoms with Crippen LogP contribution in [0.2, 0.25) is 0 Å². The smallest absolute Gasteiger partial charge is 0.273 e. The highest BCUT2D eigenvalue weighted by Crippen LogP contribution is 2.45. The molecule has 1 aliphatic heterocycles. The topological polar surface area (TPSA) is 108 Å². The van der Waals surface area contributed by atoms with Crippen LogP contribution in [0.15, 0.2) is 36.4 Å². The fourth-order valence-electron chi connectivity index (χ4n) is 4.17. The van der Waals surface area contributed by atoms with Crippen LogP contribution in [0.5, 0.6) is 17.2 Å². The number of hydrogen-bond acceptors (Lipinski definition) is 6. The Labute approximate surface area is 186 Å². The average Bonchev–Trinajstić information content (AvgIpc) is 3.31. The first-order valence-corrected chi connectivity index (χ1v) is 10.6. The van der Waals surface area contributed by atoms with Gasteiger partial charge in [0.15, 0.2) is 11.5 Å². The number of rotatable bonds is 8. The summed E-state index contributed by atoms with van der Waals surface area (Å²) in [6.07, 6.45) is 0.665. The number of amides is 1. The van der Waals surface area contributed by atoms with Crippen LogP contribution in [-0.4, -0.2) is 58.1 Å². The molecular formula is C24H27N3O5. The van der Waals surface area contributed by atoms with E-state index in [1.54, 1.807) is 36.3 Å². The normalized spacial score (nSPS) is 15.3. The van der Waals surface area contributed by atoms with Crippen molar-refractivity contribution in [1.82, 2.24) is 15.1 Å². The molecule has 1 aromatic heterocycles. The van der Waals surface area contributed by atoms with Gasteiger partial charge in [0, 0.05) is 31.4 Å². The zero-order valence-corrected chi connectivity index (χ0v) is 18.4. The summed E-state index contributed by atoms with van der Waals surface area (Å²) in [5.74, 6) is 0.314. The third-order valence-corrected chi connectivity index (χ3v) is 5.62. The van der Waals surface area contributed by atoms with Gasteiger partial charge in [-0.3, -0.25) is 9.89 Å². The zero-order chi connectivity index (χ0) is 22.8. The number of fused-ring (bicyclic) bond motifs is 1. The van der Waals surface area contributed by atoms with Crippen molar-refractivity contribution in [3.63, 3.8) is 0 Å². The molecule has 168 valence electrons. The predicted molar refractivity (Wildman–Crippen MR) is 119 cm³/mol. The number of nitrogens with zero attached hydrogens (tertiary/aromatic N) is 2. The number of phenols is 2. The monoisotopic (exact) mass is 437 g/mol. The molecule has 0 bridgehead atoms. The van der Waals surface area contributed by atoms with E-state index in [0.717, 1.165) is 11.1 Å². The molecule has 0 fully saturated rings. The highest BCUT2D eigenvalue weighted by Gasteiger charge is 2.42. The third kappa shape index (κ3) is 3.78. The Balaban J connectivity index is 1.87. The van der Waals surface area contributed by atoms with Crippen LogP contribution < -0.4 is 4.74 Å². The fourth-order valence-corrected chi connectivity index (χ4v) is 4.17. The van der Waals surface area contributed by atoms with Crippen LogP contribution in [0.4, 0.5) is 0 Å². The van der Waals surface area contributed by atoms with Gasteiger partial charge in [-0.1, -0.05) is 17.7 Å². The van der Waals surface area contributed by atoms with E-state index in [9.17, 15) is 15.0 Å². The lowest BCUT2D eigenvalue weighted by Gasteiger charge is -2.27. The summed E-state index contributed by atoms with van der Waals surface area (Å²) in [6.45, 7) is 5.17. The van der Waals surface area contributed by atoms with Crippen LogP contribution in [0.25, 0.3) is 11.3 Å². The van der Waals surface area contributed by atoms with Gasteiger partial charge in [-0.05, 0) is 50.1 Å². The Bertz CT molecular complexity index is 1140. The van der Waals surface area contributed by atoms with Crippen molar-refractivity contribution in [2.24, 2.45) is 0 Å². The molecule has 2 aromatic carbocycles. The van der Waals surface area contributed by atoms with E-state index < -0.39 is 6.04 Å². The van der Waals surface area contributed by atoms with Crippen LogP contribution in [0.1, 0.15) is 46.6 Å². The van der Waals surface area contributed by atoms with Crippen LogP contribution in [0.3, 0.4) is 0 Å². The van der Waals surface area contributed by atoms with E-state index in [4.69, 9.17) is 9.47 Å². The number of aromatic hydroxyl groups is 2. The summed E-state index contributed by atoms with van der Waals surface area (Å²) < 4.78 is 10.8. The lowest BCUT2D eigenvalue weighted by atomic mass is 9.94.